The highest BCUT2D eigenvalue weighted by Gasteiger charge is 2.53. The molecule has 0 aliphatic heterocycles. The Balaban J connectivity index is 1.77. The van der Waals surface area contributed by atoms with Gasteiger partial charge in [0.15, 0.2) is 5.72 Å². The van der Waals surface area contributed by atoms with Crippen molar-refractivity contribution in [3.63, 3.8) is 0 Å². The number of hydrogen-bond acceptors (Lipinski definition) is 4. The molecule has 0 aromatic heterocycles. The first-order chi connectivity index (χ1) is 18.6. The Kier molecular flexibility index (Phi) is 13.8. The van der Waals surface area contributed by atoms with Crippen LogP contribution in [0.15, 0.2) is 60.7 Å². The number of likely N-dealkylation sites (N-methyl/N-ethyl adjacent to an activating group) is 1. The molecule has 0 N–H and O–H groups in total. The number of nitrogens with zero attached hydrogens (tertiary/aromatic N) is 1. The summed E-state index contributed by atoms with van der Waals surface area (Å²) in [5.41, 5.74) is 1.94. The molecule has 0 heterocycles. The monoisotopic (exact) mass is 523 g/mol. The fourth-order valence-corrected chi connectivity index (χ4v) is 5.68. The molecule has 3 rings (SSSR count). The number of hydrogen-bond donors (Lipinski definition) is 0. The van der Waals surface area contributed by atoms with Gasteiger partial charge in [-0.25, -0.2) is 0 Å². The SMILES string of the molecule is CCCCCCCO[C@@]1(N(C)C(C)CCCCC)C[C@@H](OCc2ccccc2)C[C@H]1OCc1ccccc1. The van der Waals surface area contributed by atoms with E-state index in [2.05, 4.69) is 93.4 Å². The van der Waals surface area contributed by atoms with Crippen molar-refractivity contribution in [3.05, 3.63) is 71.8 Å². The summed E-state index contributed by atoms with van der Waals surface area (Å²) in [6, 6.07) is 21.4. The van der Waals surface area contributed by atoms with Crippen LogP contribution in [0.25, 0.3) is 0 Å². The minimum absolute atomic E-state index is 0.0438. The van der Waals surface area contributed by atoms with Crippen LogP contribution in [-0.4, -0.2) is 42.5 Å². The van der Waals surface area contributed by atoms with E-state index in [-0.39, 0.29) is 12.2 Å². The van der Waals surface area contributed by atoms with Gasteiger partial charge in [0.25, 0.3) is 0 Å². The Morgan fingerprint density at radius 2 is 1.37 bits per heavy atom. The van der Waals surface area contributed by atoms with Crippen LogP contribution in [0.4, 0.5) is 0 Å². The second kappa shape index (κ2) is 17.1. The van der Waals surface area contributed by atoms with E-state index >= 15 is 0 Å². The van der Waals surface area contributed by atoms with Crippen LogP contribution in [0.1, 0.15) is 103 Å². The quantitative estimate of drug-likeness (QED) is 0.136. The zero-order chi connectivity index (χ0) is 27.1. The molecule has 0 spiro atoms. The summed E-state index contributed by atoms with van der Waals surface area (Å²) >= 11 is 0. The van der Waals surface area contributed by atoms with E-state index in [1.807, 2.05) is 0 Å². The summed E-state index contributed by atoms with van der Waals surface area (Å²) in [4.78, 5) is 2.50. The molecule has 0 radical (unpaired) electrons. The Bertz CT molecular complexity index is 861. The Morgan fingerprint density at radius 1 is 0.789 bits per heavy atom. The predicted octanol–water partition coefficient (Wildman–Crippen LogP) is 8.53. The van der Waals surface area contributed by atoms with Gasteiger partial charge in [-0.3, -0.25) is 4.90 Å². The maximum absolute atomic E-state index is 6.96. The van der Waals surface area contributed by atoms with Crippen LogP contribution in [0.3, 0.4) is 0 Å². The highest BCUT2D eigenvalue weighted by atomic mass is 16.6. The Labute approximate surface area is 233 Å². The van der Waals surface area contributed by atoms with Crippen molar-refractivity contribution in [3.8, 4) is 0 Å². The van der Waals surface area contributed by atoms with Gasteiger partial charge >= 0.3 is 0 Å². The van der Waals surface area contributed by atoms with E-state index in [4.69, 9.17) is 14.2 Å². The van der Waals surface area contributed by atoms with Gasteiger partial charge < -0.3 is 14.2 Å². The number of unbranched alkanes of at least 4 members (excludes halogenated alkanes) is 6. The molecule has 0 saturated heterocycles. The van der Waals surface area contributed by atoms with Crippen LogP contribution in [0.2, 0.25) is 0 Å². The van der Waals surface area contributed by atoms with Crippen LogP contribution in [0, 0.1) is 0 Å². The third-order valence-corrected chi connectivity index (χ3v) is 8.21. The normalized spacial score (nSPS) is 22.2. The van der Waals surface area contributed by atoms with Crippen molar-refractivity contribution in [2.75, 3.05) is 13.7 Å². The third kappa shape index (κ3) is 9.48. The van der Waals surface area contributed by atoms with Crippen molar-refractivity contribution in [1.82, 2.24) is 4.90 Å². The van der Waals surface area contributed by atoms with E-state index < -0.39 is 5.72 Å². The molecule has 0 bridgehead atoms. The smallest absolute Gasteiger partial charge is 0.150 e. The molecular formula is C34H53NO3. The minimum atomic E-state index is -0.480. The molecule has 0 amide bonds. The second-order valence-corrected chi connectivity index (χ2v) is 11.2. The maximum Gasteiger partial charge on any atom is 0.150 e. The van der Waals surface area contributed by atoms with Gasteiger partial charge in [-0.2, -0.15) is 0 Å². The molecule has 1 saturated carbocycles. The molecule has 212 valence electrons. The fraction of sp³-hybridized carbons (Fsp3) is 0.647. The van der Waals surface area contributed by atoms with Gasteiger partial charge in [-0.05, 0) is 37.9 Å². The van der Waals surface area contributed by atoms with Crippen LogP contribution in [0.5, 0.6) is 0 Å². The standard InChI is InChI=1S/C34H53NO3/c1-5-7-9-10-18-24-38-34(35(4)29(3)19-13-8-6-2)26-32(36-27-30-20-14-11-15-21-30)25-33(34)37-28-31-22-16-12-17-23-31/h11-12,14-17,20-23,29,32-33H,5-10,13,18-19,24-28H2,1-4H3/t29?,32-,33+,34-/m0/s1. The summed E-state index contributed by atoms with van der Waals surface area (Å²) < 4.78 is 20.2. The van der Waals surface area contributed by atoms with Crippen molar-refractivity contribution < 1.29 is 14.2 Å². The van der Waals surface area contributed by atoms with Gasteiger partial charge in [-0.15, -0.1) is 0 Å². The Hall–Kier alpha value is -1.72. The van der Waals surface area contributed by atoms with Gasteiger partial charge in [0.1, 0.15) is 6.10 Å². The lowest BCUT2D eigenvalue weighted by atomic mass is 10.0. The molecule has 38 heavy (non-hydrogen) atoms. The number of ether oxygens (including phenoxy) is 3. The van der Waals surface area contributed by atoms with Crippen molar-refractivity contribution in [2.45, 2.75) is 129 Å². The third-order valence-electron chi connectivity index (χ3n) is 8.21. The summed E-state index contributed by atoms with van der Waals surface area (Å²) in [6.45, 7) is 8.89. The Morgan fingerprint density at radius 3 is 2.00 bits per heavy atom. The molecule has 2 aromatic rings. The van der Waals surface area contributed by atoms with Crippen LogP contribution >= 0.6 is 0 Å². The zero-order valence-corrected chi connectivity index (χ0v) is 24.6. The van der Waals surface area contributed by atoms with Gasteiger partial charge in [0.05, 0.1) is 19.3 Å². The largest absolute Gasteiger partial charge is 0.373 e. The first kappa shape index (κ1) is 30.8. The van der Waals surface area contributed by atoms with Gasteiger partial charge in [0.2, 0.25) is 0 Å². The van der Waals surface area contributed by atoms with Crippen molar-refractivity contribution in [1.29, 1.82) is 0 Å². The number of benzene rings is 2. The van der Waals surface area contributed by atoms with E-state index in [0.717, 1.165) is 25.9 Å². The average Bonchev–Trinajstić information content (AvgIpc) is 3.31. The van der Waals surface area contributed by atoms with Crippen LogP contribution < -0.4 is 0 Å². The molecule has 2 aromatic carbocycles. The lowest BCUT2D eigenvalue weighted by molar-refractivity contribution is -0.221. The zero-order valence-electron chi connectivity index (χ0n) is 24.6. The molecule has 1 fully saturated rings. The van der Waals surface area contributed by atoms with E-state index in [9.17, 15) is 0 Å². The molecule has 4 nitrogen and oxygen atoms in total. The first-order valence-electron chi connectivity index (χ1n) is 15.3. The summed E-state index contributed by atoms with van der Waals surface area (Å²) in [7, 11) is 2.26. The maximum atomic E-state index is 6.96. The van der Waals surface area contributed by atoms with E-state index in [0.29, 0.717) is 19.3 Å². The summed E-state index contributed by atoms with van der Waals surface area (Å²) in [5, 5.41) is 0. The van der Waals surface area contributed by atoms with Crippen molar-refractivity contribution in [2.24, 2.45) is 0 Å². The van der Waals surface area contributed by atoms with Gasteiger partial charge in [0, 0.05) is 25.5 Å². The van der Waals surface area contributed by atoms with E-state index in [1.54, 1.807) is 0 Å². The first-order valence-corrected chi connectivity index (χ1v) is 15.3. The highest BCUT2D eigenvalue weighted by Crippen LogP contribution is 2.42. The van der Waals surface area contributed by atoms with Crippen LogP contribution in [-0.2, 0) is 27.4 Å². The number of rotatable bonds is 19. The van der Waals surface area contributed by atoms with E-state index in [1.165, 1.54) is 62.5 Å². The minimum Gasteiger partial charge on any atom is -0.373 e. The topological polar surface area (TPSA) is 30.9 Å². The fourth-order valence-electron chi connectivity index (χ4n) is 5.68. The molecule has 1 aliphatic carbocycles. The summed E-state index contributed by atoms with van der Waals surface area (Å²) in [6.07, 6.45) is 12.9. The molecule has 4 heteroatoms. The van der Waals surface area contributed by atoms with Crippen molar-refractivity contribution >= 4 is 0 Å². The molecular weight excluding hydrogens is 470 g/mol. The molecule has 1 unspecified atom stereocenters. The molecule has 4 atom stereocenters. The van der Waals surface area contributed by atoms with Gasteiger partial charge in [-0.1, -0.05) is 119 Å². The lowest BCUT2D eigenvalue weighted by Crippen LogP contribution is -2.58. The second-order valence-electron chi connectivity index (χ2n) is 11.2. The predicted molar refractivity (Wildman–Crippen MR) is 158 cm³/mol. The summed E-state index contributed by atoms with van der Waals surface area (Å²) in [5.74, 6) is 0. The highest BCUT2D eigenvalue weighted by molar-refractivity contribution is 5.15. The molecule has 1 aliphatic rings. The average molecular weight is 524 g/mol. The lowest BCUT2D eigenvalue weighted by Gasteiger charge is -2.45.